The number of thiophene rings is 1. The molecule has 5 rings (SSSR count). The first-order valence-electron chi connectivity index (χ1n) is 9.56. The zero-order valence-corrected chi connectivity index (χ0v) is 17.3. The van der Waals surface area contributed by atoms with E-state index in [1.807, 2.05) is 31.2 Å². The Hall–Kier alpha value is -3.85. The third-order valence-corrected chi connectivity index (χ3v) is 5.88. The molecule has 1 aromatic carbocycles. The average molecular weight is 432 g/mol. The topological polar surface area (TPSA) is 77.6 Å². The van der Waals surface area contributed by atoms with Gasteiger partial charge in [-0.2, -0.15) is 10.2 Å². The van der Waals surface area contributed by atoms with Gasteiger partial charge in [-0.05, 0) is 49.4 Å². The summed E-state index contributed by atoms with van der Waals surface area (Å²) in [6, 6.07) is 15.4. The third-order valence-electron chi connectivity index (χ3n) is 4.77. The number of fused-ring (bicyclic) bond motifs is 1. The third kappa shape index (κ3) is 3.82. The fourth-order valence-corrected chi connectivity index (χ4v) is 4.35. The molecule has 4 aromatic heterocycles. The normalized spacial score (nSPS) is 11.2. The second-order valence-corrected chi connectivity index (χ2v) is 8.01. The molecule has 0 saturated heterocycles. The Bertz CT molecular complexity index is 1370. The molecule has 0 aliphatic carbocycles. The number of carbonyl (C=O) groups is 1. The number of aryl methyl sites for hydroxylation is 1. The van der Waals surface area contributed by atoms with Gasteiger partial charge >= 0.3 is 0 Å². The standard InChI is InChI=1S/C22H17FN6OS/c1-14-18-12-19(31-22(18)29(26-14)17-7-5-15(23)6-8-17)21(30)25-20-9-11-28(27-20)13-16-4-2-3-10-24-16/h2-12H,13H2,1H3,(H,25,27,30). The van der Waals surface area contributed by atoms with Crippen molar-refractivity contribution in [2.24, 2.45) is 0 Å². The first-order valence-corrected chi connectivity index (χ1v) is 10.4. The van der Waals surface area contributed by atoms with E-state index in [0.29, 0.717) is 17.2 Å². The van der Waals surface area contributed by atoms with Gasteiger partial charge in [-0.3, -0.25) is 14.5 Å². The van der Waals surface area contributed by atoms with E-state index in [4.69, 9.17) is 0 Å². The Balaban J connectivity index is 1.37. The highest BCUT2D eigenvalue weighted by atomic mass is 32.1. The van der Waals surface area contributed by atoms with Crippen LogP contribution in [0.5, 0.6) is 0 Å². The number of aromatic nitrogens is 5. The molecule has 7 nitrogen and oxygen atoms in total. The molecule has 9 heteroatoms. The van der Waals surface area contributed by atoms with Crippen molar-refractivity contribution in [1.29, 1.82) is 0 Å². The molecule has 5 aromatic rings. The number of amides is 1. The van der Waals surface area contributed by atoms with Crippen LogP contribution in [0.25, 0.3) is 15.9 Å². The Labute approximate surface area is 180 Å². The van der Waals surface area contributed by atoms with Crippen LogP contribution in [0.3, 0.4) is 0 Å². The minimum atomic E-state index is -0.308. The minimum absolute atomic E-state index is 0.241. The molecule has 154 valence electrons. The number of hydrogen-bond donors (Lipinski definition) is 1. The van der Waals surface area contributed by atoms with E-state index in [1.54, 1.807) is 40.0 Å². The summed E-state index contributed by atoms with van der Waals surface area (Å²) in [5.41, 5.74) is 2.42. The smallest absolute Gasteiger partial charge is 0.267 e. The maximum absolute atomic E-state index is 13.3. The van der Waals surface area contributed by atoms with Crippen LogP contribution in [-0.4, -0.2) is 30.5 Å². The van der Waals surface area contributed by atoms with Crippen LogP contribution in [0, 0.1) is 12.7 Å². The molecule has 0 bridgehead atoms. The lowest BCUT2D eigenvalue weighted by Gasteiger charge is -2.02. The highest BCUT2D eigenvalue weighted by Gasteiger charge is 2.18. The highest BCUT2D eigenvalue weighted by molar-refractivity contribution is 7.20. The van der Waals surface area contributed by atoms with Gasteiger partial charge < -0.3 is 5.32 Å². The molecule has 0 saturated carbocycles. The Morgan fingerprint density at radius 2 is 1.97 bits per heavy atom. The van der Waals surface area contributed by atoms with Crippen LogP contribution in [0.1, 0.15) is 21.1 Å². The molecule has 0 unspecified atom stereocenters. The van der Waals surface area contributed by atoms with Gasteiger partial charge in [-0.1, -0.05) is 6.07 Å². The van der Waals surface area contributed by atoms with Gasteiger partial charge in [0.15, 0.2) is 5.82 Å². The van der Waals surface area contributed by atoms with Gasteiger partial charge in [-0.15, -0.1) is 11.3 Å². The van der Waals surface area contributed by atoms with E-state index >= 15 is 0 Å². The number of anilines is 1. The fourth-order valence-electron chi connectivity index (χ4n) is 3.27. The van der Waals surface area contributed by atoms with Gasteiger partial charge in [0.2, 0.25) is 0 Å². The van der Waals surface area contributed by atoms with Crippen LogP contribution in [-0.2, 0) is 6.54 Å². The SMILES string of the molecule is Cc1nn(-c2ccc(F)cc2)c2sc(C(=O)Nc3ccn(Cc4ccccn4)n3)cc12. The summed E-state index contributed by atoms with van der Waals surface area (Å²) in [6.07, 6.45) is 3.53. The molecule has 4 heterocycles. The predicted molar refractivity (Wildman–Crippen MR) is 117 cm³/mol. The summed E-state index contributed by atoms with van der Waals surface area (Å²) in [7, 11) is 0. The molecule has 0 spiro atoms. The van der Waals surface area contributed by atoms with Gasteiger partial charge in [0.1, 0.15) is 10.6 Å². The van der Waals surface area contributed by atoms with Crippen LogP contribution in [0.2, 0.25) is 0 Å². The van der Waals surface area contributed by atoms with E-state index in [0.717, 1.165) is 27.3 Å². The zero-order valence-electron chi connectivity index (χ0n) is 16.5. The average Bonchev–Trinajstić information content (AvgIpc) is 3.47. The van der Waals surface area contributed by atoms with Crippen LogP contribution >= 0.6 is 11.3 Å². The molecule has 1 amide bonds. The van der Waals surface area contributed by atoms with Gasteiger partial charge in [0.25, 0.3) is 5.91 Å². The Morgan fingerprint density at radius 1 is 1.13 bits per heavy atom. The maximum atomic E-state index is 13.3. The fraction of sp³-hybridized carbons (Fsp3) is 0.0909. The van der Waals surface area contributed by atoms with Crippen LogP contribution < -0.4 is 5.32 Å². The van der Waals surface area contributed by atoms with Crippen LogP contribution in [0.4, 0.5) is 10.2 Å². The summed E-state index contributed by atoms with van der Waals surface area (Å²) in [5.74, 6) is -0.0813. The summed E-state index contributed by atoms with van der Waals surface area (Å²) in [4.78, 5) is 18.5. The summed E-state index contributed by atoms with van der Waals surface area (Å²) < 4.78 is 16.7. The lowest BCUT2D eigenvalue weighted by Crippen LogP contribution is -2.11. The number of nitrogens with zero attached hydrogens (tertiary/aromatic N) is 5. The predicted octanol–water partition coefficient (Wildman–Crippen LogP) is 4.43. The highest BCUT2D eigenvalue weighted by Crippen LogP contribution is 2.30. The van der Waals surface area contributed by atoms with E-state index in [2.05, 4.69) is 20.5 Å². The molecule has 31 heavy (non-hydrogen) atoms. The molecule has 0 atom stereocenters. The molecule has 1 N–H and O–H groups in total. The number of hydrogen-bond acceptors (Lipinski definition) is 5. The minimum Gasteiger partial charge on any atom is -0.304 e. The van der Waals surface area contributed by atoms with E-state index < -0.39 is 0 Å². The summed E-state index contributed by atoms with van der Waals surface area (Å²) in [6.45, 7) is 2.41. The number of halogens is 1. The van der Waals surface area contributed by atoms with E-state index in [1.165, 1.54) is 23.5 Å². The van der Waals surface area contributed by atoms with Crippen molar-refractivity contribution in [2.45, 2.75) is 13.5 Å². The number of carbonyl (C=O) groups excluding carboxylic acids is 1. The quantitative estimate of drug-likeness (QED) is 0.446. The van der Waals surface area contributed by atoms with Crippen LogP contribution in [0.15, 0.2) is 67.0 Å². The van der Waals surface area contributed by atoms with E-state index in [9.17, 15) is 9.18 Å². The molecule has 0 radical (unpaired) electrons. The van der Waals surface area contributed by atoms with Gasteiger partial charge in [0, 0.05) is 23.8 Å². The number of benzene rings is 1. The second kappa shape index (κ2) is 7.77. The van der Waals surface area contributed by atoms with Crippen molar-refractivity contribution in [1.82, 2.24) is 24.5 Å². The molecule has 0 aliphatic heterocycles. The van der Waals surface area contributed by atoms with Crippen molar-refractivity contribution in [2.75, 3.05) is 5.32 Å². The maximum Gasteiger partial charge on any atom is 0.267 e. The number of pyridine rings is 1. The first-order chi connectivity index (χ1) is 15.1. The van der Waals surface area contributed by atoms with Crippen molar-refractivity contribution >= 4 is 33.3 Å². The van der Waals surface area contributed by atoms with Crippen molar-refractivity contribution in [3.8, 4) is 5.69 Å². The zero-order chi connectivity index (χ0) is 21.4. The number of nitrogens with one attached hydrogen (secondary N) is 1. The molecule has 0 aliphatic rings. The Morgan fingerprint density at radius 3 is 2.74 bits per heavy atom. The lowest BCUT2D eigenvalue weighted by molar-refractivity contribution is 0.103. The Kier molecular flexibility index (Phi) is 4.79. The molecular formula is C22H17FN6OS. The van der Waals surface area contributed by atoms with Crippen molar-refractivity contribution in [3.63, 3.8) is 0 Å². The van der Waals surface area contributed by atoms with Gasteiger partial charge in [0.05, 0.1) is 28.5 Å². The molecule has 0 fully saturated rings. The van der Waals surface area contributed by atoms with Crippen molar-refractivity contribution in [3.05, 3.63) is 89.1 Å². The second-order valence-electron chi connectivity index (χ2n) is 6.98. The monoisotopic (exact) mass is 432 g/mol. The summed E-state index contributed by atoms with van der Waals surface area (Å²) >= 11 is 1.33. The molecular weight excluding hydrogens is 415 g/mol. The largest absolute Gasteiger partial charge is 0.304 e. The van der Waals surface area contributed by atoms with Crippen molar-refractivity contribution < 1.29 is 9.18 Å². The van der Waals surface area contributed by atoms with E-state index in [-0.39, 0.29) is 11.7 Å². The number of rotatable bonds is 5. The first kappa shape index (κ1) is 19.1. The lowest BCUT2D eigenvalue weighted by atomic mass is 10.3. The summed E-state index contributed by atoms with van der Waals surface area (Å²) in [5, 5.41) is 12.7. The van der Waals surface area contributed by atoms with Gasteiger partial charge in [-0.25, -0.2) is 9.07 Å².